The van der Waals surface area contributed by atoms with Crippen LogP contribution in [0.4, 0.5) is 0 Å². The summed E-state index contributed by atoms with van der Waals surface area (Å²) in [6, 6.07) is 7.07. The first kappa shape index (κ1) is 22.2. The third kappa shape index (κ3) is 5.49. The molecule has 2 aromatic rings. The van der Waals surface area contributed by atoms with Crippen molar-refractivity contribution in [3.8, 4) is 0 Å². The number of carbonyl (C=O) groups is 3. The lowest BCUT2D eigenvalue weighted by Gasteiger charge is -2.24. The molecule has 1 aromatic heterocycles. The molecule has 0 saturated carbocycles. The number of hydrogen-bond acceptors (Lipinski definition) is 6. The maximum Gasteiger partial charge on any atom is 0.307 e. The van der Waals surface area contributed by atoms with E-state index in [1.54, 1.807) is 46.0 Å². The Labute approximate surface area is 170 Å². The first-order chi connectivity index (χ1) is 12.9. The molecule has 1 aromatic carbocycles. The van der Waals surface area contributed by atoms with Crippen molar-refractivity contribution in [1.29, 1.82) is 0 Å². The van der Waals surface area contributed by atoms with Gasteiger partial charge in [0.15, 0.2) is 5.78 Å². The summed E-state index contributed by atoms with van der Waals surface area (Å²) in [6.45, 7) is 8.77. The first-order valence-electron chi connectivity index (χ1n) is 9.36. The number of fused-ring (bicyclic) bond motifs is 1. The van der Waals surface area contributed by atoms with E-state index in [4.69, 9.17) is 10.5 Å². The molecule has 1 atom stereocenters. The normalized spacial score (nSPS) is 13.4. The van der Waals surface area contributed by atoms with Crippen LogP contribution in [0.1, 0.15) is 46.6 Å². The van der Waals surface area contributed by atoms with Crippen molar-refractivity contribution in [2.75, 3.05) is 6.61 Å². The minimum absolute atomic E-state index is 0.00100. The standard InChI is InChI=1S/C22H29NO4S/c1-21(2,3)20(26)16(23)11-19(25)27-13-22(4,5)18(24)10-14-12-28-17-9-7-6-8-15(14)17/h6-9,12,16H,10-11,13,23H2,1-5H3. The van der Waals surface area contributed by atoms with Gasteiger partial charge in [-0.3, -0.25) is 14.4 Å². The minimum Gasteiger partial charge on any atom is -0.465 e. The van der Waals surface area contributed by atoms with Crippen LogP contribution in [0.5, 0.6) is 0 Å². The van der Waals surface area contributed by atoms with E-state index in [0.717, 1.165) is 15.6 Å². The monoisotopic (exact) mass is 403 g/mol. The van der Waals surface area contributed by atoms with E-state index in [0.29, 0.717) is 0 Å². The smallest absolute Gasteiger partial charge is 0.307 e. The van der Waals surface area contributed by atoms with Crippen LogP contribution in [0.25, 0.3) is 10.1 Å². The fraction of sp³-hybridized carbons (Fsp3) is 0.500. The Morgan fingerprint density at radius 1 is 1.11 bits per heavy atom. The molecule has 0 radical (unpaired) electrons. The zero-order valence-corrected chi connectivity index (χ0v) is 18.0. The van der Waals surface area contributed by atoms with Crippen molar-refractivity contribution in [2.45, 2.75) is 53.5 Å². The van der Waals surface area contributed by atoms with E-state index in [1.807, 2.05) is 29.6 Å². The fourth-order valence-electron chi connectivity index (χ4n) is 2.81. The summed E-state index contributed by atoms with van der Waals surface area (Å²) < 4.78 is 6.42. The molecule has 0 aliphatic heterocycles. The van der Waals surface area contributed by atoms with Gasteiger partial charge < -0.3 is 10.5 Å². The largest absolute Gasteiger partial charge is 0.465 e. The molecular formula is C22H29NO4S. The number of hydrogen-bond donors (Lipinski definition) is 1. The maximum atomic E-state index is 12.8. The minimum atomic E-state index is -0.900. The molecule has 1 heterocycles. The molecule has 0 fully saturated rings. The second kappa shape index (κ2) is 8.53. The molecule has 28 heavy (non-hydrogen) atoms. The summed E-state index contributed by atoms with van der Waals surface area (Å²) in [5.41, 5.74) is 5.38. The number of benzene rings is 1. The average molecular weight is 404 g/mol. The lowest BCUT2D eigenvalue weighted by molar-refractivity contribution is -0.150. The summed E-state index contributed by atoms with van der Waals surface area (Å²) in [7, 11) is 0. The Kier molecular flexibility index (Phi) is 6.78. The fourth-order valence-corrected chi connectivity index (χ4v) is 3.77. The summed E-state index contributed by atoms with van der Waals surface area (Å²) >= 11 is 1.61. The molecule has 0 bridgehead atoms. The van der Waals surface area contributed by atoms with Crippen LogP contribution in [-0.2, 0) is 25.5 Å². The molecule has 6 heteroatoms. The number of nitrogens with two attached hydrogens (primary N) is 1. The lowest BCUT2D eigenvalue weighted by atomic mass is 9.85. The van der Waals surface area contributed by atoms with Gasteiger partial charge >= 0.3 is 5.97 Å². The number of Topliss-reactive ketones (excluding diaryl/α,β-unsaturated/α-hetero) is 2. The summed E-state index contributed by atoms with van der Waals surface area (Å²) in [5, 5.41) is 3.09. The van der Waals surface area contributed by atoms with Gasteiger partial charge in [0.25, 0.3) is 0 Å². The Bertz CT molecular complexity index is 876. The van der Waals surface area contributed by atoms with Gasteiger partial charge in [0, 0.05) is 16.5 Å². The van der Waals surface area contributed by atoms with Crippen molar-refractivity contribution in [2.24, 2.45) is 16.6 Å². The predicted octanol–water partition coefficient (Wildman–Crippen LogP) is 3.91. The van der Waals surface area contributed by atoms with Gasteiger partial charge in [0.2, 0.25) is 0 Å². The van der Waals surface area contributed by atoms with Gasteiger partial charge in [0.05, 0.1) is 17.9 Å². The van der Waals surface area contributed by atoms with Crippen LogP contribution in [0.15, 0.2) is 29.6 Å². The molecule has 0 aliphatic carbocycles. The van der Waals surface area contributed by atoms with E-state index in [2.05, 4.69) is 0 Å². The van der Waals surface area contributed by atoms with E-state index >= 15 is 0 Å². The van der Waals surface area contributed by atoms with E-state index < -0.39 is 22.8 Å². The van der Waals surface area contributed by atoms with Gasteiger partial charge in [-0.2, -0.15) is 0 Å². The molecular weight excluding hydrogens is 374 g/mol. The van der Waals surface area contributed by atoms with Crippen molar-refractivity contribution in [3.05, 3.63) is 35.2 Å². The number of rotatable bonds is 8. The van der Waals surface area contributed by atoms with E-state index in [-0.39, 0.29) is 31.0 Å². The quantitative estimate of drug-likeness (QED) is 0.675. The topological polar surface area (TPSA) is 86.5 Å². The van der Waals surface area contributed by atoms with Gasteiger partial charge in [-0.05, 0) is 36.2 Å². The maximum absolute atomic E-state index is 12.8. The highest BCUT2D eigenvalue weighted by molar-refractivity contribution is 7.17. The predicted molar refractivity (Wildman–Crippen MR) is 112 cm³/mol. The molecule has 0 spiro atoms. The lowest BCUT2D eigenvalue weighted by Crippen LogP contribution is -2.41. The van der Waals surface area contributed by atoms with Crippen LogP contribution in [0.3, 0.4) is 0 Å². The van der Waals surface area contributed by atoms with Crippen LogP contribution in [-0.4, -0.2) is 30.2 Å². The van der Waals surface area contributed by atoms with Gasteiger partial charge in [-0.25, -0.2) is 0 Å². The number of carbonyl (C=O) groups excluding carboxylic acids is 3. The molecule has 2 rings (SSSR count). The molecule has 152 valence electrons. The van der Waals surface area contributed by atoms with Gasteiger partial charge in [0.1, 0.15) is 12.4 Å². The van der Waals surface area contributed by atoms with E-state index in [9.17, 15) is 14.4 Å². The number of ether oxygens (including phenoxy) is 1. The van der Waals surface area contributed by atoms with Crippen molar-refractivity contribution in [3.63, 3.8) is 0 Å². The Morgan fingerprint density at radius 3 is 2.39 bits per heavy atom. The number of esters is 1. The average Bonchev–Trinajstić information content (AvgIpc) is 3.01. The molecule has 5 nitrogen and oxygen atoms in total. The SMILES string of the molecule is CC(C)(C)C(=O)C(N)CC(=O)OCC(C)(C)C(=O)Cc1csc2ccccc12. The highest BCUT2D eigenvalue weighted by Crippen LogP contribution is 2.29. The first-order valence-corrected chi connectivity index (χ1v) is 10.2. The Hall–Kier alpha value is -2.05. The molecule has 0 amide bonds. The number of ketones is 2. The molecule has 0 aliphatic rings. The second-order valence-electron chi connectivity index (χ2n) is 8.83. The zero-order valence-electron chi connectivity index (χ0n) is 17.2. The summed E-state index contributed by atoms with van der Waals surface area (Å²) in [5.74, 6) is -0.755. The second-order valence-corrected chi connectivity index (χ2v) is 9.74. The van der Waals surface area contributed by atoms with Gasteiger partial charge in [-0.1, -0.05) is 39.0 Å². The van der Waals surface area contributed by atoms with Crippen molar-refractivity contribution in [1.82, 2.24) is 0 Å². The summed E-state index contributed by atoms with van der Waals surface area (Å²) in [4.78, 5) is 37.0. The highest BCUT2D eigenvalue weighted by Gasteiger charge is 2.32. The third-order valence-corrected chi connectivity index (χ3v) is 5.74. The van der Waals surface area contributed by atoms with E-state index in [1.165, 1.54) is 0 Å². The van der Waals surface area contributed by atoms with Gasteiger partial charge in [-0.15, -0.1) is 11.3 Å². The third-order valence-electron chi connectivity index (χ3n) is 4.72. The van der Waals surface area contributed by atoms with Crippen molar-refractivity contribution >= 4 is 39.0 Å². The van der Waals surface area contributed by atoms with Crippen LogP contribution in [0.2, 0.25) is 0 Å². The number of thiophene rings is 1. The van der Waals surface area contributed by atoms with Crippen LogP contribution in [0, 0.1) is 10.8 Å². The van der Waals surface area contributed by atoms with Crippen molar-refractivity contribution < 1.29 is 19.1 Å². The zero-order chi connectivity index (χ0) is 21.1. The Morgan fingerprint density at radius 2 is 1.75 bits per heavy atom. The summed E-state index contributed by atoms with van der Waals surface area (Å²) in [6.07, 6.45) is 0.103. The van der Waals surface area contributed by atoms with Crippen LogP contribution >= 0.6 is 11.3 Å². The van der Waals surface area contributed by atoms with Crippen LogP contribution < -0.4 is 5.73 Å². The Balaban J connectivity index is 1.92. The highest BCUT2D eigenvalue weighted by atomic mass is 32.1. The molecule has 0 saturated heterocycles. The molecule has 1 unspecified atom stereocenters. The molecule has 2 N–H and O–H groups in total.